The first kappa shape index (κ1) is 13.5. The Morgan fingerprint density at radius 2 is 1.90 bits per heavy atom. The molecule has 0 aliphatic carbocycles. The predicted octanol–water partition coefficient (Wildman–Crippen LogP) is 3.15. The third-order valence-electron chi connectivity index (χ3n) is 3.44. The van der Waals surface area contributed by atoms with E-state index in [1.807, 2.05) is 55.5 Å². The van der Waals surface area contributed by atoms with Crippen LogP contribution in [-0.2, 0) is 5.72 Å². The molecule has 20 heavy (non-hydrogen) atoms. The van der Waals surface area contributed by atoms with Gasteiger partial charge in [-0.15, -0.1) is 0 Å². The summed E-state index contributed by atoms with van der Waals surface area (Å²) in [6.07, 6.45) is 1.71. The number of aromatic nitrogens is 1. The molecule has 3 nitrogen and oxygen atoms in total. The van der Waals surface area contributed by atoms with Crippen molar-refractivity contribution < 1.29 is 5.11 Å². The van der Waals surface area contributed by atoms with Crippen molar-refractivity contribution in [1.82, 2.24) is 4.98 Å². The van der Waals surface area contributed by atoms with E-state index in [-0.39, 0.29) is 5.25 Å². The molecule has 0 bridgehead atoms. The highest BCUT2D eigenvalue weighted by atomic mass is 32.2. The Balaban J connectivity index is 2.14. The minimum Gasteiger partial charge on any atom is -0.365 e. The monoisotopic (exact) mass is 302 g/mol. The van der Waals surface area contributed by atoms with Crippen LogP contribution in [0.3, 0.4) is 0 Å². The van der Waals surface area contributed by atoms with Gasteiger partial charge >= 0.3 is 0 Å². The van der Waals surface area contributed by atoms with E-state index in [0.717, 1.165) is 5.56 Å². The lowest BCUT2D eigenvalue weighted by molar-refractivity contribution is 0.0528. The van der Waals surface area contributed by atoms with Crippen LogP contribution in [0.15, 0.2) is 54.7 Å². The van der Waals surface area contributed by atoms with Crippen LogP contribution in [0, 0.1) is 0 Å². The van der Waals surface area contributed by atoms with E-state index in [1.165, 1.54) is 11.8 Å². The maximum absolute atomic E-state index is 11.3. The number of thiocarbonyl (C=S) groups is 1. The van der Waals surface area contributed by atoms with Gasteiger partial charge in [-0.05, 0) is 19.1 Å². The first-order chi connectivity index (χ1) is 9.64. The van der Waals surface area contributed by atoms with Crippen LogP contribution in [0.5, 0.6) is 0 Å². The lowest BCUT2D eigenvalue weighted by Crippen LogP contribution is -2.48. The minimum atomic E-state index is -1.17. The topological polar surface area (TPSA) is 36.4 Å². The summed E-state index contributed by atoms with van der Waals surface area (Å²) in [7, 11) is 0. The highest BCUT2D eigenvalue weighted by molar-refractivity contribution is 8.24. The van der Waals surface area contributed by atoms with Crippen LogP contribution < -0.4 is 4.90 Å². The molecule has 0 saturated carbocycles. The summed E-state index contributed by atoms with van der Waals surface area (Å²) in [5, 5.41) is 11.2. The van der Waals surface area contributed by atoms with Gasteiger partial charge in [-0.25, -0.2) is 4.98 Å². The first-order valence-corrected chi connectivity index (χ1v) is 7.62. The van der Waals surface area contributed by atoms with Crippen molar-refractivity contribution in [2.45, 2.75) is 17.9 Å². The molecule has 1 aromatic carbocycles. The Labute approximate surface area is 127 Å². The number of nitrogens with zero attached hydrogens (tertiary/aromatic N) is 2. The van der Waals surface area contributed by atoms with Crippen molar-refractivity contribution >= 4 is 34.1 Å². The molecule has 1 fully saturated rings. The summed E-state index contributed by atoms with van der Waals surface area (Å²) in [6.45, 7) is 1.98. The lowest BCUT2D eigenvalue weighted by atomic mass is 9.98. The van der Waals surface area contributed by atoms with Crippen LogP contribution in [0.25, 0.3) is 0 Å². The molecule has 1 N–H and O–H groups in total. The van der Waals surface area contributed by atoms with Gasteiger partial charge < -0.3 is 5.11 Å². The van der Waals surface area contributed by atoms with E-state index in [9.17, 15) is 5.11 Å². The van der Waals surface area contributed by atoms with Crippen molar-refractivity contribution in [2.24, 2.45) is 0 Å². The molecule has 1 aliphatic heterocycles. The number of benzene rings is 1. The fourth-order valence-corrected chi connectivity index (χ4v) is 4.12. The van der Waals surface area contributed by atoms with Gasteiger partial charge in [0.05, 0.1) is 5.25 Å². The third kappa shape index (κ3) is 2.02. The summed E-state index contributed by atoms with van der Waals surface area (Å²) in [6, 6.07) is 15.2. The Morgan fingerprint density at radius 3 is 2.55 bits per heavy atom. The molecule has 5 heteroatoms. The zero-order chi connectivity index (χ0) is 14.2. The van der Waals surface area contributed by atoms with E-state index >= 15 is 0 Å². The molecular formula is C15H14N2OS2. The van der Waals surface area contributed by atoms with Gasteiger partial charge in [0.15, 0.2) is 5.72 Å². The van der Waals surface area contributed by atoms with Crippen LogP contribution >= 0.6 is 24.0 Å². The zero-order valence-electron chi connectivity index (χ0n) is 10.9. The largest absolute Gasteiger partial charge is 0.365 e. The second kappa shape index (κ2) is 5.16. The highest BCUT2D eigenvalue weighted by Crippen LogP contribution is 2.46. The van der Waals surface area contributed by atoms with Crippen LogP contribution in [0.4, 0.5) is 5.82 Å². The van der Waals surface area contributed by atoms with Crippen molar-refractivity contribution in [1.29, 1.82) is 0 Å². The maximum Gasteiger partial charge on any atom is 0.183 e. The van der Waals surface area contributed by atoms with Crippen LogP contribution in [0.1, 0.15) is 12.5 Å². The second-order valence-corrected chi connectivity index (χ2v) is 6.62. The highest BCUT2D eigenvalue weighted by Gasteiger charge is 2.51. The number of thioether (sulfide) groups is 1. The summed E-state index contributed by atoms with van der Waals surface area (Å²) in [5.74, 6) is 0.667. The van der Waals surface area contributed by atoms with E-state index in [1.54, 1.807) is 11.1 Å². The number of anilines is 1. The fourth-order valence-electron chi connectivity index (χ4n) is 2.41. The molecule has 1 saturated heterocycles. The zero-order valence-corrected chi connectivity index (χ0v) is 12.6. The second-order valence-electron chi connectivity index (χ2n) is 4.64. The van der Waals surface area contributed by atoms with Crippen molar-refractivity contribution in [2.75, 3.05) is 4.90 Å². The smallest absolute Gasteiger partial charge is 0.183 e. The molecule has 2 aromatic rings. The van der Waals surface area contributed by atoms with Crippen molar-refractivity contribution in [3.8, 4) is 0 Å². The van der Waals surface area contributed by atoms with Crippen LogP contribution in [-0.4, -0.2) is 19.7 Å². The van der Waals surface area contributed by atoms with Gasteiger partial charge in [-0.1, -0.05) is 60.4 Å². The molecule has 0 radical (unpaired) electrons. The normalized spacial score (nSPS) is 26.0. The van der Waals surface area contributed by atoms with Crippen LogP contribution in [0.2, 0.25) is 0 Å². The molecule has 0 amide bonds. The van der Waals surface area contributed by atoms with Gasteiger partial charge in [0.25, 0.3) is 0 Å². The maximum atomic E-state index is 11.3. The summed E-state index contributed by atoms with van der Waals surface area (Å²) in [4.78, 5) is 6.07. The SMILES string of the molecule is CC1SC(=S)N(c2ccccn2)C1(O)c1ccccc1. The van der Waals surface area contributed by atoms with Gasteiger partial charge in [0, 0.05) is 11.8 Å². The quantitative estimate of drug-likeness (QED) is 0.862. The molecule has 2 unspecified atom stereocenters. The number of hydrogen-bond donors (Lipinski definition) is 1. The molecule has 2 heterocycles. The standard InChI is InChI=1S/C15H14N2OS2/c1-11-15(18,12-7-3-2-4-8-12)17(14(19)20-11)13-9-5-6-10-16-13/h2-11,18H,1H3. The number of aliphatic hydroxyl groups is 1. The van der Waals surface area contributed by atoms with Gasteiger partial charge in [0.2, 0.25) is 0 Å². The number of rotatable bonds is 2. The van der Waals surface area contributed by atoms with E-state index in [2.05, 4.69) is 4.98 Å². The van der Waals surface area contributed by atoms with E-state index in [0.29, 0.717) is 10.1 Å². The van der Waals surface area contributed by atoms with E-state index in [4.69, 9.17) is 12.2 Å². The Hall–Kier alpha value is -1.43. The van der Waals surface area contributed by atoms with Gasteiger partial charge in [-0.2, -0.15) is 0 Å². The molecule has 0 spiro atoms. The summed E-state index contributed by atoms with van der Waals surface area (Å²) < 4.78 is 0.641. The van der Waals surface area contributed by atoms with Crippen molar-refractivity contribution in [3.05, 3.63) is 60.3 Å². The molecule has 1 aliphatic rings. The van der Waals surface area contributed by atoms with Gasteiger partial charge in [-0.3, -0.25) is 4.90 Å². The average molecular weight is 302 g/mol. The summed E-state index contributed by atoms with van der Waals surface area (Å²) in [5.41, 5.74) is -0.345. The molecule has 3 rings (SSSR count). The lowest BCUT2D eigenvalue weighted by Gasteiger charge is -2.36. The molecule has 2 atom stereocenters. The fraction of sp³-hybridized carbons (Fsp3) is 0.200. The Bertz CT molecular complexity index is 620. The molecular weight excluding hydrogens is 288 g/mol. The Kier molecular flexibility index (Phi) is 3.50. The molecule has 102 valence electrons. The average Bonchev–Trinajstić information content (AvgIpc) is 2.72. The third-order valence-corrected chi connectivity index (χ3v) is 4.98. The van der Waals surface area contributed by atoms with E-state index < -0.39 is 5.72 Å². The summed E-state index contributed by atoms with van der Waals surface area (Å²) >= 11 is 6.93. The minimum absolute atomic E-state index is 0.0700. The molecule has 1 aromatic heterocycles. The van der Waals surface area contributed by atoms with Crippen molar-refractivity contribution in [3.63, 3.8) is 0 Å². The predicted molar refractivity (Wildman–Crippen MR) is 86.7 cm³/mol. The first-order valence-electron chi connectivity index (χ1n) is 6.34. The number of hydrogen-bond acceptors (Lipinski definition) is 4. The number of pyridine rings is 1. The Morgan fingerprint density at radius 1 is 1.20 bits per heavy atom. The van der Waals surface area contributed by atoms with Gasteiger partial charge in [0.1, 0.15) is 10.1 Å².